The van der Waals surface area contributed by atoms with Crippen molar-refractivity contribution < 1.29 is 9.53 Å². The second-order valence-electron chi connectivity index (χ2n) is 6.49. The van der Waals surface area contributed by atoms with Crippen molar-refractivity contribution in [2.75, 3.05) is 6.61 Å². The van der Waals surface area contributed by atoms with Gasteiger partial charge in [-0.25, -0.2) is 0 Å². The van der Waals surface area contributed by atoms with Crippen molar-refractivity contribution in [2.24, 2.45) is 11.3 Å². The Bertz CT molecular complexity index is 502. The lowest BCUT2D eigenvalue weighted by molar-refractivity contribution is 0.0759. The molecule has 0 spiro atoms. The maximum atomic E-state index is 13.1. The summed E-state index contributed by atoms with van der Waals surface area (Å²) in [5, 5.41) is 0. The summed E-state index contributed by atoms with van der Waals surface area (Å²) in [6.07, 6.45) is 5.40. The molecule has 1 fully saturated rings. The summed E-state index contributed by atoms with van der Waals surface area (Å²) >= 11 is 3.55. The fourth-order valence-electron chi connectivity index (χ4n) is 3.58. The molecule has 0 aliphatic heterocycles. The van der Waals surface area contributed by atoms with E-state index in [4.69, 9.17) is 4.74 Å². The van der Waals surface area contributed by atoms with E-state index in [0.717, 1.165) is 35.0 Å². The van der Waals surface area contributed by atoms with Crippen LogP contribution in [0.5, 0.6) is 5.75 Å². The van der Waals surface area contributed by atoms with E-state index in [-0.39, 0.29) is 5.41 Å². The molecule has 0 bridgehead atoms. The highest BCUT2D eigenvalue weighted by atomic mass is 79.9. The third-order valence-electron chi connectivity index (χ3n) is 4.34. The molecule has 2 rings (SSSR count). The average molecular weight is 353 g/mol. The number of ketones is 1. The number of carbonyl (C=O) groups is 1. The molecule has 0 atom stereocenters. The number of Topliss-reactive ketones (excluding diaryl/α,β-unsaturated/α-hetero) is 1. The van der Waals surface area contributed by atoms with Crippen LogP contribution in [-0.4, -0.2) is 12.4 Å². The lowest BCUT2D eigenvalue weighted by Gasteiger charge is -2.30. The van der Waals surface area contributed by atoms with Gasteiger partial charge in [-0.1, -0.05) is 26.7 Å². The van der Waals surface area contributed by atoms with Gasteiger partial charge in [0.15, 0.2) is 5.78 Å². The number of ether oxygens (including phenoxy) is 1. The van der Waals surface area contributed by atoms with Crippen LogP contribution >= 0.6 is 15.9 Å². The second-order valence-corrected chi connectivity index (χ2v) is 7.34. The van der Waals surface area contributed by atoms with E-state index in [9.17, 15) is 4.79 Å². The minimum Gasteiger partial charge on any atom is -0.494 e. The van der Waals surface area contributed by atoms with E-state index in [1.165, 1.54) is 12.8 Å². The second kappa shape index (κ2) is 6.95. The Hall–Kier alpha value is -0.830. The monoisotopic (exact) mass is 352 g/mol. The summed E-state index contributed by atoms with van der Waals surface area (Å²) in [6.45, 7) is 7.02. The van der Waals surface area contributed by atoms with Crippen LogP contribution in [-0.2, 0) is 0 Å². The van der Waals surface area contributed by atoms with Crippen LogP contribution in [0.3, 0.4) is 0 Å². The summed E-state index contributed by atoms with van der Waals surface area (Å²) in [5.74, 6) is 1.67. The van der Waals surface area contributed by atoms with Crippen molar-refractivity contribution in [3.8, 4) is 5.75 Å². The number of benzene rings is 1. The number of rotatable bonds is 6. The minimum absolute atomic E-state index is 0.149. The summed E-state index contributed by atoms with van der Waals surface area (Å²) in [5.41, 5.74) is 0.657. The Kier molecular flexibility index (Phi) is 5.48. The SMILES string of the molecule is CCOc1ccc(C(=O)C2(CC(C)C)CCCC2)c(Br)c1. The first-order valence-corrected chi connectivity index (χ1v) is 8.75. The van der Waals surface area contributed by atoms with Crippen molar-refractivity contribution >= 4 is 21.7 Å². The molecule has 2 nitrogen and oxygen atoms in total. The highest BCUT2D eigenvalue weighted by molar-refractivity contribution is 9.10. The Morgan fingerprint density at radius 3 is 2.52 bits per heavy atom. The van der Waals surface area contributed by atoms with Gasteiger partial charge in [-0.3, -0.25) is 4.79 Å². The topological polar surface area (TPSA) is 26.3 Å². The van der Waals surface area contributed by atoms with Gasteiger partial charge in [0.05, 0.1) is 6.61 Å². The molecule has 0 radical (unpaired) electrons. The molecule has 1 saturated carbocycles. The van der Waals surface area contributed by atoms with E-state index in [0.29, 0.717) is 18.3 Å². The van der Waals surface area contributed by atoms with Gasteiger partial charge < -0.3 is 4.74 Å². The standard InChI is InChI=1S/C18H25BrO2/c1-4-21-14-7-8-15(16(19)11-14)17(20)18(12-13(2)3)9-5-6-10-18/h7-8,11,13H,4-6,9-10,12H2,1-3H3. The maximum Gasteiger partial charge on any atom is 0.170 e. The van der Waals surface area contributed by atoms with Crippen LogP contribution < -0.4 is 4.74 Å². The van der Waals surface area contributed by atoms with Crippen molar-refractivity contribution in [1.29, 1.82) is 0 Å². The van der Waals surface area contributed by atoms with Crippen LogP contribution in [0, 0.1) is 11.3 Å². The smallest absolute Gasteiger partial charge is 0.170 e. The molecular weight excluding hydrogens is 328 g/mol. The van der Waals surface area contributed by atoms with Crippen molar-refractivity contribution in [3.63, 3.8) is 0 Å². The fourth-order valence-corrected chi connectivity index (χ4v) is 4.12. The number of hydrogen-bond acceptors (Lipinski definition) is 2. The van der Waals surface area contributed by atoms with Gasteiger partial charge in [-0.2, -0.15) is 0 Å². The molecule has 0 heterocycles. The molecule has 0 aromatic heterocycles. The number of hydrogen-bond donors (Lipinski definition) is 0. The molecular formula is C18H25BrO2. The average Bonchev–Trinajstić information content (AvgIpc) is 2.87. The van der Waals surface area contributed by atoms with Crippen molar-refractivity contribution in [1.82, 2.24) is 0 Å². The zero-order valence-corrected chi connectivity index (χ0v) is 14.8. The molecule has 1 aromatic carbocycles. The van der Waals surface area contributed by atoms with E-state index < -0.39 is 0 Å². The molecule has 0 amide bonds. The molecule has 1 aliphatic carbocycles. The quantitative estimate of drug-likeness (QED) is 0.619. The third-order valence-corrected chi connectivity index (χ3v) is 4.99. The molecule has 3 heteroatoms. The molecule has 0 saturated heterocycles. The zero-order chi connectivity index (χ0) is 15.5. The largest absolute Gasteiger partial charge is 0.494 e. The molecule has 0 N–H and O–H groups in total. The third kappa shape index (κ3) is 3.68. The number of halogens is 1. The van der Waals surface area contributed by atoms with Gasteiger partial charge in [0.25, 0.3) is 0 Å². The van der Waals surface area contributed by atoms with Crippen LogP contribution in [0.1, 0.15) is 63.2 Å². The molecule has 116 valence electrons. The van der Waals surface area contributed by atoms with Gasteiger partial charge in [0.2, 0.25) is 0 Å². The fraction of sp³-hybridized carbons (Fsp3) is 0.611. The van der Waals surface area contributed by atoms with Gasteiger partial charge in [0, 0.05) is 15.5 Å². The van der Waals surface area contributed by atoms with Gasteiger partial charge >= 0.3 is 0 Å². The highest BCUT2D eigenvalue weighted by Crippen LogP contribution is 2.46. The molecule has 1 aromatic rings. The first-order valence-electron chi connectivity index (χ1n) is 7.95. The van der Waals surface area contributed by atoms with Crippen LogP contribution in [0.25, 0.3) is 0 Å². The van der Waals surface area contributed by atoms with E-state index >= 15 is 0 Å². The molecule has 0 unspecified atom stereocenters. The first kappa shape index (κ1) is 16.5. The summed E-state index contributed by atoms with van der Waals surface area (Å²) in [6, 6.07) is 5.73. The Morgan fingerprint density at radius 2 is 2.00 bits per heavy atom. The van der Waals surface area contributed by atoms with Gasteiger partial charge in [-0.15, -0.1) is 0 Å². The summed E-state index contributed by atoms with van der Waals surface area (Å²) < 4.78 is 6.35. The van der Waals surface area contributed by atoms with Crippen LogP contribution in [0.4, 0.5) is 0 Å². The summed E-state index contributed by atoms with van der Waals surface area (Å²) in [7, 11) is 0. The van der Waals surface area contributed by atoms with Crippen LogP contribution in [0.15, 0.2) is 22.7 Å². The zero-order valence-electron chi connectivity index (χ0n) is 13.2. The van der Waals surface area contributed by atoms with Gasteiger partial charge in [0.1, 0.15) is 5.75 Å². The van der Waals surface area contributed by atoms with E-state index in [2.05, 4.69) is 29.8 Å². The Labute approximate surface area is 136 Å². The Balaban J connectivity index is 2.29. The highest BCUT2D eigenvalue weighted by Gasteiger charge is 2.42. The Morgan fingerprint density at radius 1 is 1.33 bits per heavy atom. The minimum atomic E-state index is -0.149. The van der Waals surface area contributed by atoms with Crippen LogP contribution in [0.2, 0.25) is 0 Å². The predicted octanol–water partition coefficient (Wildman–Crippen LogP) is 5.64. The van der Waals surface area contributed by atoms with E-state index in [1.807, 2.05) is 25.1 Å². The number of carbonyl (C=O) groups excluding carboxylic acids is 1. The maximum absolute atomic E-state index is 13.1. The van der Waals surface area contributed by atoms with Gasteiger partial charge in [-0.05, 0) is 66.2 Å². The molecule has 1 aliphatic rings. The predicted molar refractivity (Wildman–Crippen MR) is 90.0 cm³/mol. The summed E-state index contributed by atoms with van der Waals surface area (Å²) in [4.78, 5) is 13.1. The van der Waals surface area contributed by atoms with E-state index in [1.54, 1.807) is 0 Å². The lowest BCUT2D eigenvalue weighted by Crippen LogP contribution is -2.30. The van der Waals surface area contributed by atoms with Crippen molar-refractivity contribution in [3.05, 3.63) is 28.2 Å². The van der Waals surface area contributed by atoms with Crippen molar-refractivity contribution in [2.45, 2.75) is 52.9 Å². The lowest BCUT2D eigenvalue weighted by atomic mass is 9.73. The first-order chi connectivity index (χ1) is 9.98. The molecule has 21 heavy (non-hydrogen) atoms. The normalized spacial score (nSPS) is 17.2.